The third kappa shape index (κ3) is 3.61. The molecule has 1 atom stereocenters. The van der Waals surface area contributed by atoms with Gasteiger partial charge in [-0.05, 0) is 13.8 Å². The summed E-state index contributed by atoms with van der Waals surface area (Å²) in [5, 5.41) is 2.80. The summed E-state index contributed by atoms with van der Waals surface area (Å²) < 4.78 is 5.17. The number of ether oxygens (including phenoxy) is 1. The molecule has 0 bridgehead atoms. The zero-order chi connectivity index (χ0) is 13.2. The van der Waals surface area contributed by atoms with Crippen LogP contribution < -0.4 is 5.32 Å². The Kier molecular flexibility index (Phi) is 4.01. The summed E-state index contributed by atoms with van der Waals surface area (Å²) in [5.41, 5.74) is -0.416. The minimum atomic E-state index is -0.416. The fraction of sp³-hybridized carbons (Fsp3) is 0.833. The molecule has 98 valence electrons. The normalized spacial score (nSPS) is 20.7. The number of nitrogens with one attached hydrogen (secondary N) is 1. The number of cyclic esters (lactones) is 1. The van der Waals surface area contributed by atoms with E-state index in [1.54, 1.807) is 4.90 Å². The van der Waals surface area contributed by atoms with E-state index in [4.69, 9.17) is 4.74 Å². The zero-order valence-corrected chi connectivity index (χ0v) is 11.2. The van der Waals surface area contributed by atoms with Gasteiger partial charge in [-0.1, -0.05) is 20.8 Å². The molecule has 1 N–H and O–H groups in total. The molecule has 0 aliphatic carbocycles. The van der Waals surface area contributed by atoms with Crippen molar-refractivity contribution in [2.75, 3.05) is 13.1 Å². The lowest BCUT2D eigenvalue weighted by molar-refractivity contribution is -0.128. The highest BCUT2D eigenvalue weighted by molar-refractivity contribution is 5.81. The van der Waals surface area contributed by atoms with Crippen LogP contribution in [0.5, 0.6) is 0 Å². The van der Waals surface area contributed by atoms with E-state index in [9.17, 15) is 9.59 Å². The van der Waals surface area contributed by atoms with Gasteiger partial charge in [0.15, 0.2) is 0 Å². The number of hydrogen-bond acceptors (Lipinski definition) is 3. The Morgan fingerprint density at radius 3 is 2.53 bits per heavy atom. The van der Waals surface area contributed by atoms with Gasteiger partial charge in [0.2, 0.25) is 5.91 Å². The van der Waals surface area contributed by atoms with Gasteiger partial charge in [0.25, 0.3) is 0 Å². The van der Waals surface area contributed by atoms with Crippen LogP contribution in [0, 0.1) is 5.41 Å². The van der Waals surface area contributed by atoms with E-state index in [1.165, 1.54) is 0 Å². The maximum absolute atomic E-state index is 11.7. The molecule has 1 heterocycles. The van der Waals surface area contributed by atoms with Gasteiger partial charge in [0, 0.05) is 11.5 Å². The molecule has 0 spiro atoms. The zero-order valence-electron chi connectivity index (χ0n) is 11.2. The summed E-state index contributed by atoms with van der Waals surface area (Å²) in [6, 6.07) is 0.130. The summed E-state index contributed by atoms with van der Waals surface area (Å²) >= 11 is 0. The molecule has 0 aromatic rings. The van der Waals surface area contributed by atoms with Crippen molar-refractivity contribution in [3.63, 3.8) is 0 Å². The monoisotopic (exact) mass is 242 g/mol. The van der Waals surface area contributed by atoms with Crippen LogP contribution in [0.15, 0.2) is 0 Å². The number of hydrogen-bond donors (Lipinski definition) is 1. The van der Waals surface area contributed by atoms with Crippen molar-refractivity contribution in [2.45, 2.75) is 46.8 Å². The fourth-order valence-corrected chi connectivity index (χ4v) is 1.54. The summed E-state index contributed by atoms with van der Waals surface area (Å²) in [5.74, 6) is -0.0310. The predicted octanol–water partition coefficient (Wildman–Crippen LogP) is 1.38. The second-order valence-electron chi connectivity index (χ2n) is 5.71. The highest BCUT2D eigenvalue weighted by Gasteiger charge is 2.33. The Hall–Kier alpha value is -1.26. The van der Waals surface area contributed by atoms with Gasteiger partial charge in [-0.25, -0.2) is 4.79 Å². The molecule has 1 saturated heterocycles. The first kappa shape index (κ1) is 13.8. The first-order valence-corrected chi connectivity index (χ1v) is 5.97. The molecule has 0 saturated carbocycles. The SMILES string of the molecule is CC(C)N1CC(CNC(=O)C(C)(C)C)OC1=O. The van der Waals surface area contributed by atoms with Crippen LogP contribution in [0.4, 0.5) is 4.79 Å². The number of amides is 2. The Balaban J connectivity index is 2.41. The lowest BCUT2D eigenvalue weighted by Crippen LogP contribution is -2.40. The van der Waals surface area contributed by atoms with Crippen molar-refractivity contribution in [1.29, 1.82) is 0 Å². The molecule has 0 aromatic heterocycles. The number of rotatable bonds is 3. The van der Waals surface area contributed by atoms with E-state index < -0.39 is 5.41 Å². The summed E-state index contributed by atoms with van der Waals surface area (Å²) in [7, 11) is 0. The van der Waals surface area contributed by atoms with Gasteiger partial charge < -0.3 is 15.0 Å². The van der Waals surface area contributed by atoms with Crippen molar-refractivity contribution in [2.24, 2.45) is 5.41 Å². The van der Waals surface area contributed by atoms with Gasteiger partial charge in [-0.3, -0.25) is 4.79 Å². The van der Waals surface area contributed by atoms with E-state index >= 15 is 0 Å². The van der Waals surface area contributed by atoms with E-state index in [0.29, 0.717) is 13.1 Å². The number of nitrogens with zero attached hydrogens (tertiary/aromatic N) is 1. The number of carbonyl (C=O) groups is 2. The second kappa shape index (κ2) is 4.94. The highest BCUT2D eigenvalue weighted by Crippen LogP contribution is 2.15. The van der Waals surface area contributed by atoms with E-state index in [0.717, 1.165) is 0 Å². The maximum Gasteiger partial charge on any atom is 0.410 e. The van der Waals surface area contributed by atoms with Crippen LogP contribution in [0.25, 0.3) is 0 Å². The third-order valence-electron chi connectivity index (χ3n) is 2.70. The number of carbonyl (C=O) groups excluding carboxylic acids is 2. The summed E-state index contributed by atoms with van der Waals surface area (Å²) in [6.07, 6.45) is -0.536. The Morgan fingerprint density at radius 2 is 2.12 bits per heavy atom. The van der Waals surface area contributed by atoms with Crippen LogP contribution >= 0.6 is 0 Å². The van der Waals surface area contributed by atoms with Crippen LogP contribution in [-0.4, -0.2) is 42.1 Å². The quantitative estimate of drug-likeness (QED) is 0.813. The topological polar surface area (TPSA) is 58.6 Å². The standard InChI is InChI=1S/C12H22N2O3/c1-8(2)14-7-9(17-11(14)16)6-13-10(15)12(3,4)5/h8-9H,6-7H2,1-5H3,(H,13,15). The van der Waals surface area contributed by atoms with Crippen LogP contribution in [0.1, 0.15) is 34.6 Å². The lowest BCUT2D eigenvalue weighted by Gasteiger charge is -2.19. The van der Waals surface area contributed by atoms with Crippen LogP contribution in [-0.2, 0) is 9.53 Å². The van der Waals surface area contributed by atoms with Crippen molar-refractivity contribution < 1.29 is 14.3 Å². The minimum absolute atomic E-state index is 0.0310. The van der Waals surface area contributed by atoms with Crippen LogP contribution in [0.2, 0.25) is 0 Å². The van der Waals surface area contributed by atoms with Gasteiger partial charge in [0.1, 0.15) is 6.10 Å². The van der Waals surface area contributed by atoms with E-state index in [2.05, 4.69) is 5.32 Å². The molecule has 5 heteroatoms. The molecule has 1 fully saturated rings. The second-order valence-corrected chi connectivity index (χ2v) is 5.71. The van der Waals surface area contributed by atoms with Gasteiger partial charge in [-0.15, -0.1) is 0 Å². The fourth-order valence-electron chi connectivity index (χ4n) is 1.54. The van der Waals surface area contributed by atoms with Gasteiger partial charge in [-0.2, -0.15) is 0 Å². The van der Waals surface area contributed by atoms with Crippen molar-refractivity contribution >= 4 is 12.0 Å². The molecule has 2 amide bonds. The lowest BCUT2D eigenvalue weighted by atomic mass is 9.96. The Labute approximate surface area is 102 Å². The molecule has 1 aliphatic rings. The molecule has 1 rings (SSSR count). The Morgan fingerprint density at radius 1 is 1.53 bits per heavy atom. The van der Waals surface area contributed by atoms with Crippen molar-refractivity contribution in [1.82, 2.24) is 10.2 Å². The average Bonchev–Trinajstić information content (AvgIpc) is 2.54. The van der Waals surface area contributed by atoms with Crippen molar-refractivity contribution in [3.05, 3.63) is 0 Å². The maximum atomic E-state index is 11.7. The Bertz CT molecular complexity index is 307. The summed E-state index contributed by atoms with van der Waals surface area (Å²) in [4.78, 5) is 24.8. The third-order valence-corrected chi connectivity index (χ3v) is 2.70. The van der Waals surface area contributed by atoms with Crippen LogP contribution in [0.3, 0.4) is 0 Å². The molecule has 17 heavy (non-hydrogen) atoms. The smallest absolute Gasteiger partial charge is 0.410 e. The molecule has 1 aliphatic heterocycles. The molecule has 0 radical (unpaired) electrons. The van der Waals surface area contributed by atoms with Gasteiger partial charge >= 0.3 is 6.09 Å². The average molecular weight is 242 g/mol. The van der Waals surface area contributed by atoms with E-state index in [-0.39, 0.29) is 24.1 Å². The predicted molar refractivity (Wildman–Crippen MR) is 64.6 cm³/mol. The largest absolute Gasteiger partial charge is 0.442 e. The molecular formula is C12H22N2O3. The minimum Gasteiger partial charge on any atom is -0.442 e. The molecule has 1 unspecified atom stereocenters. The molecule has 5 nitrogen and oxygen atoms in total. The first-order chi connectivity index (χ1) is 7.71. The summed E-state index contributed by atoms with van der Waals surface area (Å²) in [6.45, 7) is 10.4. The van der Waals surface area contributed by atoms with Crippen molar-refractivity contribution in [3.8, 4) is 0 Å². The first-order valence-electron chi connectivity index (χ1n) is 5.97. The molecule has 0 aromatic carbocycles. The molecular weight excluding hydrogens is 220 g/mol. The highest BCUT2D eigenvalue weighted by atomic mass is 16.6. The van der Waals surface area contributed by atoms with Gasteiger partial charge in [0.05, 0.1) is 13.1 Å². The van der Waals surface area contributed by atoms with E-state index in [1.807, 2.05) is 34.6 Å².